The van der Waals surface area contributed by atoms with E-state index in [1.165, 1.54) is 0 Å². The van der Waals surface area contributed by atoms with Crippen LogP contribution in [0.2, 0.25) is 0 Å². The van der Waals surface area contributed by atoms with Crippen LogP contribution in [0.4, 0.5) is 0 Å². The molecule has 2 atom stereocenters. The van der Waals surface area contributed by atoms with E-state index in [1.807, 2.05) is 12.1 Å². The molecule has 1 aromatic heterocycles. The second-order valence-electron chi connectivity index (χ2n) is 4.94. The van der Waals surface area contributed by atoms with Crippen LogP contribution in [0.25, 0.3) is 0 Å². The van der Waals surface area contributed by atoms with Crippen molar-refractivity contribution in [1.82, 2.24) is 10.3 Å². The number of hydrogen-bond donors (Lipinski definition) is 2. The molecule has 0 radical (unpaired) electrons. The Hall–Kier alpha value is -1.62. The molecule has 0 aliphatic heterocycles. The Morgan fingerprint density at radius 2 is 2.32 bits per heavy atom. The van der Waals surface area contributed by atoms with Gasteiger partial charge in [0.1, 0.15) is 0 Å². The van der Waals surface area contributed by atoms with Gasteiger partial charge in [-0.1, -0.05) is 18.9 Å². The van der Waals surface area contributed by atoms with Gasteiger partial charge in [-0.05, 0) is 18.9 Å². The number of amides is 1. The quantitative estimate of drug-likeness (QED) is 0.856. The molecule has 2 unspecified atom stereocenters. The van der Waals surface area contributed by atoms with Gasteiger partial charge in [-0.15, -0.1) is 0 Å². The summed E-state index contributed by atoms with van der Waals surface area (Å²) in [4.78, 5) is 16.2. The molecule has 0 spiro atoms. The predicted molar refractivity (Wildman–Crippen MR) is 72.6 cm³/mol. The van der Waals surface area contributed by atoms with Gasteiger partial charge in [0.05, 0.1) is 13.0 Å². The van der Waals surface area contributed by atoms with E-state index in [0.717, 1.165) is 31.2 Å². The van der Waals surface area contributed by atoms with E-state index < -0.39 is 0 Å². The molecule has 1 fully saturated rings. The summed E-state index contributed by atoms with van der Waals surface area (Å²) in [6.07, 6.45) is 5.70. The predicted octanol–water partition coefficient (Wildman–Crippen LogP) is 1.22. The van der Waals surface area contributed by atoms with E-state index in [9.17, 15) is 4.79 Å². The zero-order chi connectivity index (χ0) is 13.7. The smallest absolute Gasteiger partial charge is 0.224 e. The molecule has 1 aromatic rings. The van der Waals surface area contributed by atoms with Gasteiger partial charge in [0.15, 0.2) is 0 Å². The number of hydrogen-bond acceptors (Lipinski definition) is 4. The lowest BCUT2D eigenvalue weighted by atomic mass is 9.84. The van der Waals surface area contributed by atoms with Gasteiger partial charge in [-0.2, -0.15) is 0 Å². The van der Waals surface area contributed by atoms with Crippen LogP contribution in [-0.4, -0.2) is 24.0 Å². The zero-order valence-corrected chi connectivity index (χ0v) is 11.3. The summed E-state index contributed by atoms with van der Waals surface area (Å²) in [6.45, 7) is 0.430. The number of pyridine rings is 1. The molecule has 3 N–H and O–H groups in total. The van der Waals surface area contributed by atoms with Gasteiger partial charge in [0, 0.05) is 24.3 Å². The number of nitrogens with one attached hydrogen (secondary N) is 1. The number of aromatic nitrogens is 1. The molecule has 1 heterocycles. The maximum atomic E-state index is 12.1. The van der Waals surface area contributed by atoms with Crippen molar-refractivity contribution in [3.63, 3.8) is 0 Å². The Labute approximate surface area is 113 Å². The lowest BCUT2D eigenvalue weighted by Crippen LogP contribution is -2.43. The van der Waals surface area contributed by atoms with Crippen molar-refractivity contribution in [2.24, 2.45) is 11.7 Å². The minimum absolute atomic E-state index is 0.00968. The number of ether oxygens (including phenoxy) is 1. The van der Waals surface area contributed by atoms with Gasteiger partial charge >= 0.3 is 0 Å². The third kappa shape index (κ3) is 3.44. The van der Waals surface area contributed by atoms with Gasteiger partial charge < -0.3 is 15.8 Å². The van der Waals surface area contributed by atoms with Crippen molar-refractivity contribution >= 4 is 5.91 Å². The van der Waals surface area contributed by atoms with Crippen LogP contribution < -0.4 is 15.8 Å². The fraction of sp³-hybridized carbons (Fsp3) is 0.571. The standard InChI is InChI=1S/C14H21N3O2/c1-19-14-10(5-4-8-16-14)9-17-13(18)11-6-2-3-7-12(11)15/h4-5,8,11-12H,2-3,6-7,9,15H2,1H3,(H,17,18). The molecule has 0 saturated heterocycles. The first-order valence-electron chi connectivity index (χ1n) is 6.73. The number of methoxy groups -OCH3 is 1. The molecule has 0 bridgehead atoms. The van der Waals surface area contributed by atoms with Crippen LogP contribution in [0.15, 0.2) is 18.3 Å². The number of carbonyl (C=O) groups is 1. The van der Waals surface area contributed by atoms with Gasteiger partial charge in [0.2, 0.25) is 11.8 Å². The van der Waals surface area contributed by atoms with E-state index in [1.54, 1.807) is 13.3 Å². The summed E-state index contributed by atoms with van der Waals surface area (Å²) >= 11 is 0. The van der Waals surface area contributed by atoms with Crippen LogP contribution in [-0.2, 0) is 11.3 Å². The Balaban J connectivity index is 1.92. The monoisotopic (exact) mass is 263 g/mol. The normalized spacial score (nSPS) is 22.8. The summed E-state index contributed by atoms with van der Waals surface area (Å²) in [6, 6.07) is 3.72. The molecule has 1 aliphatic rings. The van der Waals surface area contributed by atoms with Gasteiger partial charge in [-0.3, -0.25) is 4.79 Å². The highest BCUT2D eigenvalue weighted by atomic mass is 16.5. The average molecular weight is 263 g/mol. The zero-order valence-electron chi connectivity index (χ0n) is 11.3. The highest BCUT2D eigenvalue weighted by Gasteiger charge is 2.28. The summed E-state index contributed by atoms with van der Waals surface area (Å²) in [5.41, 5.74) is 6.88. The van der Waals surface area contributed by atoms with E-state index in [0.29, 0.717) is 12.4 Å². The molecule has 2 rings (SSSR count). The Morgan fingerprint density at radius 1 is 1.53 bits per heavy atom. The summed E-state index contributed by atoms with van der Waals surface area (Å²) in [7, 11) is 1.57. The molecular formula is C14H21N3O2. The molecular weight excluding hydrogens is 242 g/mol. The lowest BCUT2D eigenvalue weighted by Gasteiger charge is -2.27. The first-order chi connectivity index (χ1) is 9.22. The Bertz CT molecular complexity index is 436. The number of carbonyl (C=O) groups excluding carboxylic acids is 1. The molecule has 5 nitrogen and oxygen atoms in total. The van der Waals surface area contributed by atoms with E-state index in [2.05, 4.69) is 10.3 Å². The van der Waals surface area contributed by atoms with E-state index in [4.69, 9.17) is 10.5 Å². The minimum Gasteiger partial charge on any atom is -0.481 e. The molecule has 1 saturated carbocycles. The Morgan fingerprint density at radius 3 is 3.05 bits per heavy atom. The summed E-state index contributed by atoms with van der Waals surface area (Å²) in [5.74, 6) is 0.533. The first kappa shape index (κ1) is 13.8. The first-order valence-corrected chi connectivity index (χ1v) is 6.73. The number of nitrogens with zero attached hydrogens (tertiary/aromatic N) is 1. The van der Waals surface area contributed by atoms with E-state index >= 15 is 0 Å². The second kappa shape index (κ2) is 6.52. The third-order valence-corrected chi connectivity index (χ3v) is 3.65. The highest BCUT2D eigenvalue weighted by Crippen LogP contribution is 2.23. The maximum absolute atomic E-state index is 12.1. The summed E-state index contributed by atoms with van der Waals surface area (Å²) < 4.78 is 5.16. The molecule has 1 aliphatic carbocycles. The average Bonchev–Trinajstić information content (AvgIpc) is 2.45. The van der Waals surface area contributed by atoms with Crippen molar-refractivity contribution in [1.29, 1.82) is 0 Å². The fourth-order valence-electron chi connectivity index (χ4n) is 2.54. The molecule has 0 aromatic carbocycles. The van der Waals surface area contributed by atoms with Crippen LogP contribution in [0.1, 0.15) is 31.2 Å². The highest BCUT2D eigenvalue weighted by molar-refractivity contribution is 5.79. The Kier molecular flexibility index (Phi) is 4.74. The lowest BCUT2D eigenvalue weighted by molar-refractivity contribution is -0.126. The van der Waals surface area contributed by atoms with Crippen molar-refractivity contribution in [2.45, 2.75) is 38.3 Å². The summed E-state index contributed by atoms with van der Waals surface area (Å²) in [5, 5.41) is 2.93. The van der Waals surface area contributed by atoms with Crippen molar-refractivity contribution < 1.29 is 9.53 Å². The fourth-order valence-corrected chi connectivity index (χ4v) is 2.54. The minimum atomic E-state index is -0.0589. The van der Waals surface area contributed by atoms with Gasteiger partial charge in [-0.25, -0.2) is 4.98 Å². The number of rotatable bonds is 4. The topological polar surface area (TPSA) is 77.2 Å². The maximum Gasteiger partial charge on any atom is 0.224 e. The molecule has 1 amide bonds. The van der Waals surface area contributed by atoms with Crippen molar-refractivity contribution in [3.05, 3.63) is 23.9 Å². The second-order valence-corrected chi connectivity index (χ2v) is 4.94. The molecule has 104 valence electrons. The van der Waals surface area contributed by atoms with E-state index in [-0.39, 0.29) is 17.9 Å². The van der Waals surface area contributed by atoms with Crippen molar-refractivity contribution in [3.8, 4) is 5.88 Å². The third-order valence-electron chi connectivity index (χ3n) is 3.65. The number of nitrogens with two attached hydrogens (primary N) is 1. The molecule has 5 heteroatoms. The van der Waals surface area contributed by atoms with Gasteiger partial charge in [0.25, 0.3) is 0 Å². The largest absolute Gasteiger partial charge is 0.481 e. The van der Waals surface area contributed by atoms with Crippen LogP contribution in [0.5, 0.6) is 5.88 Å². The van der Waals surface area contributed by atoms with Crippen molar-refractivity contribution in [2.75, 3.05) is 7.11 Å². The SMILES string of the molecule is COc1ncccc1CNC(=O)C1CCCCC1N. The van der Waals surface area contributed by atoms with Crippen LogP contribution >= 0.6 is 0 Å². The molecule has 19 heavy (non-hydrogen) atoms. The van der Waals surface area contributed by atoms with Crippen LogP contribution in [0.3, 0.4) is 0 Å². The van der Waals surface area contributed by atoms with Crippen LogP contribution in [0, 0.1) is 5.92 Å².